The van der Waals surface area contributed by atoms with Crippen molar-refractivity contribution in [3.8, 4) is 11.5 Å². The standard InChI is InChI=1S/2C12H9N3O5.2C6H13N.Fe/c2*16-8-2-4-10(12(18)6-8)14-13-9-3-1-7(15(19)20)5-11(9)17;2*7-6-4-2-1-3-5-6;/h2*1-6,13,17-18H;2*6H,1-5,7H2;/p+2/b2*14-10-;;;. The van der Waals surface area contributed by atoms with Crippen LogP contribution in [-0.4, -0.2) is 65.3 Å². The fourth-order valence-electron chi connectivity index (χ4n) is 5.27. The van der Waals surface area contributed by atoms with Crippen LogP contribution in [0.4, 0.5) is 22.7 Å². The first-order valence-corrected chi connectivity index (χ1v) is 17.3. The maximum Gasteiger partial charge on any atom is 0.273 e. The van der Waals surface area contributed by atoms with Crippen LogP contribution in [0, 0.1) is 20.2 Å². The fraction of sp³-hybridized carbons (Fsp3) is 0.333. The Hall–Kier alpha value is -5.88. The number of non-ortho nitro benzene ring substituents is 2. The van der Waals surface area contributed by atoms with Gasteiger partial charge in [0.25, 0.3) is 11.4 Å². The molecule has 0 heterocycles. The number of hydrogen-bond donors (Lipinski definition) is 8. The van der Waals surface area contributed by atoms with E-state index in [-0.39, 0.29) is 85.8 Å². The monoisotopic (exact) mass is 806 g/mol. The summed E-state index contributed by atoms with van der Waals surface area (Å²) in [4.78, 5) is 41.6. The van der Waals surface area contributed by atoms with Crippen LogP contribution in [0.15, 0.2) is 94.6 Å². The number of phenolic OH excluding ortho intramolecular Hbond substituents is 2. The maximum absolute atomic E-state index is 10.9. The summed E-state index contributed by atoms with van der Waals surface area (Å²) >= 11 is 0. The van der Waals surface area contributed by atoms with E-state index in [1.165, 1.54) is 113 Å². The number of hydrogen-bond acceptors (Lipinski definition) is 14. The van der Waals surface area contributed by atoms with E-state index in [9.17, 15) is 50.2 Å². The molecule has 2 fully saturated rings. The number of ketones is 2. The van der Waals surface area contributed by atoms with Crippen molar-refractivity contribution >= 4 is 45.7 Å². The minimum atomic E-state index is -0.639. The zero-order valence-electron chi connectivity index (χ0n) is 29.9. The van der Waals surface area contributed by atoms with Crippen molar-refractivity contribution in [2.45, 2.75) is 76.3 Å². The Morgan fingerprint density at radius 1 is 0.600 bits per heavy atom. The van der Waals surface area contributed by atoms with E-state index in [0.717, 1.165) is 36.4 Å². The molecule has 19 heteroatoms. The van der Waals surface area contributed by atoms with Gasteiger partial charge in [-0.25, -0.2) is 0 Å². The van der Waals surface area contributed by atoms with Gasteiger partial charge in [-0.3, -0.25) is 40.7 Å². The van der Waals surface area contributed by atoms with E-state index in [0.29, 0.717) is 0 Å². The summed E-state index contributed by atoms with van der Waals surface area (Å²) in [6.45, 7) is 0. The molecule has 4 aliphatic carbocycles. The van der Waals surface area contributed by atoms with Gasteiger partial charge in [-0.05, 0) is 87.8 Å². The number of carbonyl (C=O) groups is 2. The summed E-state index contributed by atoms with van der Waals surface area (Å²) in [6.07, 6.45) is 21.1. The normalized spacial score (nSPS) is 18.1. The number of nitro benzene ring substituents is 2. The van der Waals surface area contributed by atoms with Crippen molar-refractivity contribution < 1.29 is 68.4 Å². The van der Waals surface area contributed by atoms with Gasteiger partial charge in [-0.1, -0.05) is 12.8 Å². The first kappa shape index (κ1) is 45.3. The number of nitrogens with one attached hydrogen (secondary N) is 2. The van der Waals surface area contributed by atoms with Crippen LogP contribution < -0.4 is 22.3 Å². The SMILES string of the molecule is O=C1C=C/C(=N/Nc2ccc([N+](=O)[O-])cc2O)C(O)=C1.O=C1C=C/C(=N/Nc2ccc([N+](=O)[O-])cc2O)C(O)=C1.[Fe].[NH3+]C1CCCCC1.[NH3+]C1CCCCC1. The molecule has 4 aliphatic rings. The Bertz CT molecular complexity index is 1730. The van der Waals surface area contributed by atoms with Crippen molar-refractivity contribution in [1.29, 1.82) is 0 Å². The van der Waals surface area contributed by atoms with E-state index in [1.807, 2.05) is 0 Å². The number of rotatable bonds is 6. The van der Waals surface area contributed by atoms with Crippen molar-refractivity contribution in [3.63, 3.8) is 0 Å². The molecule has 6 rings (SSSR count). The molecule has 0 saturated heterocycles. The molecule has 12 N–H and O–H groups in total. The molecule has 0 atom stereocenters. The topological polar surface area (TPSA) is 305 Å². The molecule has 296 valence electrons. The van der Waals surface area contributed by atoms with Crippen LogP contribution in [0.2, 0.25) is 0 Å². The Kier molecular flexibility index (Phi) is 19.0. The Morgan fingerprint density at radius 3 is 1.20 bits per heavy atom. The minimum absolute atomic E-state index is 0. The van der Waals surface area contributed by atoms with Crippen LogP contribution in [0.1, 0.15) is 64.2 Å². The number of nitro groups is 2. The number of benzene rings is 2. The number of quaternary nitrogens is 2. The zero-order valence-corrected chi connectivity index (χ0v) is 31.1. The molecule has 0 amide bonds. The van der Waals surface area contributed by atoms with Crippen molar-refractivity contribution in [2.24, 2.45) is 10.2 Å². The maximum atomic E-state index is 10.9. The van der Waals surface area contributed by atoms with Crippen LogP contribution in [0.5, 0.6) is 11.5 Å². The van der Waals surface area contributed by atoms with E-state index in [2.05, 4.69) is 32.5 Å². The average Bonchev–Trinajstić information content (AvgIpc) is 3.13. The van der Waals surface area contributed by atoms with Crippen molar-refractivity contribution in [2.75, 3.05) is 10.9 Å². The van der Waals surface area contributed by atoms with Gasteiger partial charge in [0.15, 0.2) is 11.6 Å². The fourth-order valence-corrected chi connectivity index (χ4v) is 5.27. The molecule has 2 aromatic carbocycles. The van der Waals surface area contributed by atoms with Gasteiger partial charge in [-0.15, -0.1) is 0 Å². The van der Waals surface area contributed by atoms with Crippen molar-refractivity contribution in [3.05, 3.63) is 105 Å². The van der Waals surface area contributed by atoms with Gasteiger partial charge in [0.1, 0.15) is 34.4 Å². The summed E-state index contributed by atoms with van der Waals surface area (Å²) in [5.74, 6) is -2.07. The van der Waals surface area contributed by atoms with Crippen LogP contribution >= 0.6 is 0 Å². The van der Waals surface area contributed by atoms with E-state index < -0.39 is 9.85 Å². The molecule has 0 spiro atoms. The van der Waals surface area contributed by atoms with Crippen molar-refractivity contribution in [1.82, 2.24) is 0 Å². The number of aliphatic hydroxyl groups excluding tert-OH is 2. The molecule has 0 aromatic heterocycles. The molecule has 55 heavy (non-hydrogen) atoms. The van der Waals surface area contributed by atoms with Gasteiger partial charge in [-0.2, -0.15) is 10.2 Å². The number of phenols is 2. The molecule has 2 aromatic rings. The summed E-state index contributed by atoms with van der Waals surface area (Å²) in [5, 5.41) is 66.7. The van der Waals surface area contributed by atoms with Gasteiger partial charge in [0.2, 0.25) is 0 Å². The molecule has 2 saturated carbocycles. The quantitative estimate of drug-likeness (QED) is 0.0662. The van der Waals surface area contributed by atoms with Gasteiger partial charge in [0, 0.05) is 41.4 Å². The molecule has 0 bridgehead atoms. The average molecular weight is 807 g/mol. The van der Waals surface area contributed by atoms with Crippen LogP contribution in [0.25, 0.3) is 0 Å². The summed E-state index contributed by atoms with van der Waals surface area (Å²) in [5.41, 5.74) is 12.8. The van der Waals surface area contributed by atoms with Crippen LogP contribution in [0.3, 0.4) is 0 Å². The molecule has 0 aliphatic heterocycles. The minimum Gasteiger partial charge on any atom is -0.505 e. The Labute approximate surface area is 326 Å². The summed E-state index contributed by atoms with van der Waals surface area (Å²) < 4.78 is 0. The number of aromatic hydroxyl groups is 2. The predicted octanol–water partition coefficient (Wildman–Crippen LogP) is 4.42. The Balaban J connectivity index is 0.000000278. The molecule has 0 unspecified atom stereocenters. The molecule has 18 nitrogen and oxygen atoms in total. The van der Waals surface area contributed by atoms with E-state index >= 15 is 0 Å². The number of hydrazone groups is 2. The zero-order chi connectivity index (χ0) is 39.6. The number of carbonyl (C=O) groups excluding carboxylic acids is 2. The Morgan fingerprint density at radius 2 is 0.945 bits per heavy atom. The van der Waals surface area contributed by atoms with Gasteiger partial charge in [0.05, 0.1) is 45.4 Å². The third-order valence-electron chi connectivity index (χ3n) is 8.32. The third-order valence-corrected chi connectivity index (χ3v) is 8.32. The van der Waals surface area contributed by atoms with Crippen LogP contribution in [-0.2, 0) is 26.7 Å². The number of allylic oxidation sites excluding steroid dienone is 6. The molecule has 0 radical (unpaired) electrons. The second-order valence-corrected chi connectivity index (χ2v) is 12.7. The summed E-state index contributed by atoms with van der Waals surface area (Å²) in [7, 11) is 0. The first-order valence-electron chi connectivity index (χ1n) is 17.3. The predicted molar refractivity (Wildman–Crippen MR) is 201 cm³/mol. The van der Waals surface area contributed by atoms with Gasteiger partial charge < -0.3 is 31.9 Å². The summed E-state index contributed by atoms with van der Waals surface area (Å²) in [6, 6.07) is 8.45. The van der Waals surface area contributed by atoms with E-state index in [4.69, 9.17) is 0 Å². The van der Waals surface area contributed by atoms with E-state index in [1.54, 1.807) is 0 Å². The number of aliphatic hydroxyl groups is 2. The molecular formula is C36H46FeN8O10+2. The third kappa shape index (κ3) is 15.9. The first-order chi connectivity index (χ1) is 25.7. The smallest absolute Gasteiger partial charge is 0.273 e. The largest absolute Gasteiger partial charge is 0.505 e. The van der Waals surface area contributed by atoms with Gasteiger partial charge >= 0.3 is 0 Å². The number of nitrogens with zero attached hydrogens (tertiary/aromatic N) is 4. The molecular weight excluding hydrogens is 760 g/mol. The number of anilines is 2. The second kappa shape index (κ2) is 23.0. The second-order valence-electron chi connectivity index (χ2n) is 12.7.